The fourth-order valence-electron chi connectivity index (χ4n) is 2.10. The van der Waals surface area contributed by atoms with Crippen molar-refractivity contribution < 1.29 is 8.78 Å². The highest BCUT2D eigenvalue weighted by molar-refractivity contribution is 5.23. The van der Waals surface area contributed by atoms with E-state index in [4.69, 9.17) is 0 Å². The van der Waals surface area contributed by atoms with E-state index in [2.05, 4.69) is 5.32 Å². The molecule has 1 aliphatic carbocycles. The van der Waals surface area contributed by atoms with Crippen LogP contribution in [0.25, 0.3) is 0 Å². The van der Waals surface area contributed by atoms with Gasteiger partial charge in [-0.1, -0.05) is 43.5 Å². The van der Waals surface area contributed by atoms with E-state index in [1.165, 1.54) is 37.8 Å². The molecule has 0 aromatic heterocycles. The Morgan fingerprint density at radius 3 is 2.41 bits per heavy atom. The van der Waals surface area contributed by atoms with Crippen molar-refractivity contribution in [3.8, 4) is 0 Å². The number of hydrogen-bond acceptors (Lipinski definition) is 1. The molecule has 1 fully saturated rings. The minimum Gasteiger partial charge on any atom is -0.313 e. The van der Waals surface area contributed by atoms with Crippen LogP contribution in [0.4, 0.5) is 8.78 Å². The molecule has 1 aromatic carbocycles. The number of rotatable bonds is 6. The van der Waals surface area contributed by atoms with Gasteiger partial charge in [0.05, 0.1) is 0 Å². The van der Waals surface area contributed by atoms with E-state index in [0.717, 1.165) is 24.6 Å². The molecule has 2 rings (SSSR count). The molecule has 0 unspecified atom stereocenters. The van der Waals surface area contributed by atoms with Crippen LogP contribution in [0.3, 0.4) is 0 Å². The molecular weight excluding hydrogens is 220 g/mol. The average Bonchev–Trinajstić information content (AvgIpc) is 2.27. The smallest absolute Gasteiger partial charge is 0.263 e. The minimum atomic E-state index is -2.37. The van der Waals surface area contributed by atoms with Crippen molar-refractivity contribution in [2.45, 2.75) is 38.7 Å². The normalized spacial score (nSPS) is 16.2. The van der Waals surface area contributed by atoms with Crippen LogP contribution < -0.4 is 5.32 Å². The van der Waals surface area contributed by atoms with Gasteiger partial charge in [-0.05, 0) is 24.4 Å². The van der Waals surface area contributed by atoms with Gasteiger partial charge in [0.2, 0.25) is 0 Å². The molecule has 0 spiro atoms. The predicted molar refractivity (Wildman–Crippen MR) is 65.1 cm³/mol. The minimum absolute atomic E-state index is 0.100. The fourth-order valence-corrected chi connectivity index (χ4v) is 2.10. The van der Waals surface area contributed by atoms with Crippen molar-refractivity contribution >= 4 is 0 Å². The first kappa shape index (κ1) is 12.5. The summed E-state index contributed by atoms with van der Waals surface area (Å²) in [4.78, 5) is 0. The van der Waals surface area contributed by atoms with Crippen LogP contribution in [-0.4, -0.2) is 6.54 Å². The molecule has 1 aromatic rings. The highest BCUT2D eigenvalue weighted by Crippen LogP contribution is 2.28. The van der Waals surface area contributed by atoms with Gasteiger partial charge in [-0.25, -0.2) is 8.78 Å². The van der Waals surface area contributed by atoms with Gasteiger partial charge in [0, 0.05) is 12.1 Å². The highest BCUT2D eigenvalue weighted by atomic mass is 19.3. The number of halogens is 2. The Morgan fingerprint density at radius 2 is 1.88 bits per heavy atom. The Kier molecular flexibility index (Phi) is 4.49. The zero-order valence-electron chi connectivity index (χ0n) is 9.96. The lowest BCUT2D eigenvalue weighted by atomic mass is 9.83. The lowest BCUT2D eigenvalue weighted by Crippen LogP contribution is -2.21. The quantitative estimate of drug-likeness (QED) is 0.742. The zero-order chi connectivity index (χ0) is 12.1. The zero-order valence-corrected chi connectivity index (χ0v) is 9.96. The summed E-state index contributed by atoms with van der Waals surface area (Å²) in [6.07, 6.45) is 3.03. The molecule has 0 heterocycles. The molecule has 0 amide bonds. The highest BCUT2D eigenvalue weighted by Gasteiger charge is 2.16. The SMILES string of the molecule is FC(F)c1ccc(CNCCC2CCC2)cc1. The Labute approximate surface area is 101 Å². The van der Waals surface area contributed by atoms with E-state index in [-0.39, 0.29) is 5.56 Å². The second-order valence-corrected chi connectivity index (χ2v) is 4.80. The van der Waals surface area contributed by atoms with Crippen LogP contribution in [0.15, 0.2) is 24.3 Å². The van der Waals surface area contributed by atoms with Crippen molar-refractivity contribution in [3.05, 3.63) is 35.4 Å². The van der Waals surface area contributed by atoms with Crippen molar-refractivity contribution in [3.63, 3.8) is 0 Å². The number of benzene rings is 1. The van der Waals surface area contributed by atoms with E-state index < -0.39 is 6.43 Å². The van der Waals surface area contributed by atoms with Crippen LogP contribution in [0, 0.1) is 5.92 Å². The van der Waals surface area contributed by atoms with E-state index in [1.54, 1.807) is 12.1 Å². The first-order chi connectivity index (χ1) is 8.25. The summed E-state index contributed by atoms with van der Waals surface area (Å²) in [5.74, 6) is 0.920. The van der Waals surface area contributed by atoms with Crippen LogP contribution in [0.2, 0.25) is 0 Å². The summed E-state index contributed by atoms with van der Waals surface area (Å²) < 4.78 is 24.6. The van der Waals surface area contributed by atoms with E-state index in [1.807, 2.05) is 0 Å². The van der Waals surface area contributed by atoms with Crippen LogP contribution >= 0.6 is 0 Å². The third kappa shape index (κ3) is 3.77. The second-order valence-electron chi connectivity index (χ2n) is 4.80. The summed E-state index contributed by atoms with van der Waals surface area (Å²) in [6.45, 7) is 1.80. The molecule has 1 nitrogen and oxygen atoms in total. The first-order valence-electron chi connectivity index (χ1n) is 6.33. The monoisotopic (exact) mass is 239 g/mol. The van der Waals surface area contributed by atoms with Gasteiger partial charge >= 0.3 is 0 Å². The summed E-state index contributed by atoms with van der Waals surface area (Å²) in [5.41, 5.74) is 1.17. The molecule has 1 aliphatic rings. The molecule has 0 aliphatic heterocycles. The third-order valence-corrected chi connectivity index (χ3v) is 3.51. The summed E-state index contributed by atoms with van der Waals surface area (Å²) in [7, 11) is 0. The van der Waals surface area contributed by atoms with Crippen molar-refractivity contribution in [1.82, 2.24) is 5.32 Å². The molecular formula is C14H19F2N. The molecule has 0 saturated heterocycles. The molecule has 0 radical (unpaired) electrons. The van der Waals surface area contributed by atoms with Gasteiger partial charge in [0.15, 0.2) is 0 Å². The molecule has 1 saturated carbocycles. The lowest BCUT2D eigenvalue weighted by Gasteiger charge is -2.25. The van der Waals surface area contributed by atoms with Crippen molar-refractivity contribution in [1.29, 1.82) is 0 Å². The number of nitrogens with one attached hydrogen (secondary N) is 1. The maximum Gasteiger partial charge on any atom is 0.263 e. The first-order valence-corrected chi connectivity index (χ1v) is 6.33. The van der Waals surface area contributed by atoms with Gasteiger partial charge in [-0.15, -0.1) is 0 Å². The Hall–Kier alpha value is -0.960. The topological polar surface area (TPSA) is 12.0 Å². The molecule has 1 N–H and O–H groups in total. The van der Waals surface area contributed by atoms with Gasteiger partial charge in [0.25, 0.3) is 6.43 Å². The summed E-state index contributed by atoms with van der Waals surface area (Å²) in [5, 5.41) is 3.36. The molecule has 0 atom stereocenters. The molecule has 17 heavy (non-hydrogen) atoms. The number of hydrogen-bond donors (Lipinski definition) is 1. The Bertz CT molecular complexity index is 331. The van der Waals surface area contributed by atoms with E-state index in [0.29, 0.717) is 0 Å². The Balaban J connectivity index is 1.67. The van der Waals surface area contributed by atoms with Gasteiger partial charge in [0.1, 0.15) is 0 Å². The maximum absolute atomic E-state index is 12.3. The van der Waals surface area contributed by atoms with Crippen molar-refractivity contribution in [2.75, 3.05) is 6.54 Å². The van der Waals surface area contributed by atoms with Gasteiger partial charge < -0.3 is 5.32 Å². The van der Waals surface area contributed by atoms with E-state index >= 15 is 0 Å². The van der Waals surface area contributed by atoms with Crippen LogP contribution in [-0.2, 0) is 6.54 Å². The van der Waals surface area contributed by atoms with E-state index in [9.17, 15) is 8.78 Å². The molecule has 94 valence electrons. The fraction of sp³-hybridized carbons (Fsp3) is 0.571. The summed E-state index contributed by atoms with van der Waals surface area (Å²) >= 11 is 0. The van der Waals surface area contributed by atoms with Gasteiger partial charge in [-0.3, -0.25) is 0 Å². The van der Waals surface area contributed by atoms with Crippen LogP contribution in [0.5, 0.6) is 0 Å². The maximum atomic E-state index is 12.3. The molecule has 0 bridgehead atoms. The summed E-state index contributed by atoms with van der Waals surface area (Å²) in [6, 6.07) is 6.57. The number of alkyl halides is 2. The van der Waals surface area contributed by atoms with Gasteiger partial charge in [-0.2, -0.15) is 0 Å². The average molecular weight is 239 g/mol. The van der Waals surface area contributed by atoms with Crippen LogP contribution in [0.1, 0.15) is 43.2 Å². The lowest BCUT2D eigenvalue weighted by molar-refractivity contribution is 0.151. The van der Waals surface area contributed by atoms with Crippen molar-refractivity contribution in [2.24, 2.45) is 5.92 Å². The standard InChI is InChI=1S/C14H19F2N/c15-14(16)13-6-4-12(5-7-13)10-17-9-8-11-2-1-3-11/h4-7,11,14,17H,1-3,8-10H2. The predicted octanol–water partition coefficient (Wildman–Crippen LogP) is 3.90. The molecule has 3 heteroatoms. The Morgan fingerprint density at radius 1 is 1.18 bits per heavy atom. The third-order valence-electron chi connectivity index (χ3n) is 3.51. The largest absolute Gasteiger partial charge is 0.313 e. The second kappa shape index (κ2) is 6.10.